The van der Waals surface area contributed by atoms with Crippen LogP contribution in [-0.4, -0.2) is 84.8 Å². The van der Waals surface area contributed by atoms with Crippen molar-refractivity contribution in [1.29, 1.82) is 0 Å². The molecule has 0 spiro atoms. The first kappa shape index (κ1) is 30.6. The van der Waals surface area contributed by atoms with E-state index in [-0.39, 0.29) is 11.8 Å². The Bertz CT molecular complexity index is 1490. The summed E-state index contributed by atoms with van der Waals surface area (Å²) in [4.78, 5) is 24.6. The van der Waals surface area contributed by atoms with Crippen molar-refractivity contribution in [3.63, 3.8) is 0 Å². The van der Waals surface area contributed by atoms with Crippen molar-refractivity contribution in [2.24, 2.45) is 0 Å². The highest BCUT2D eigenvalue weighted by molar-refractivity contribution is 5.94. The number of rotatable bonds is 12. The summed E-state index contributed by atoms with van der Waals surface area (Å²) in [5.74, 6) is -0.988. The van der Waals surface area contributed by atoms with Crippen LogP contribution in [0.4, 0.5) is 14.7 Å². The number of ether oxygens (including phenoxy) is 1. The predicted octanol–water partition coefficient (Wildman–Crippen LogP) is 5.81. The minimum atomic E-state index is -0.865. The molecule has 9 heteroatoms. The Morgan fingerprint density at radius 1 is 0.953 bits per heavy atom. The molecule has 0 radical (unpaired) electrons. The molecule has 4 aromatic rings. The van der Waals surface area contributed by atoms with E-state index in [1.807, 2.05) is 37.3 Å². The zero-order valence-electron chi connectivity index (χ0n) is 25.1. The third-order valence-electron chi connectivity index (χ3n) is 8.24. The van der Waals surface area contributed by atoms with E-state index >= 15 is 0 Å². The zero-order valence-corrected chi connectivity index (χ0v) is 25.1. The van der Waals surface area contributed by atoms with Gasteiger partial charge in [0.1, 0.15) is 0 Å². The minimum absolute atomic E-state index is 0.0918. The Balaban J connectivity index is 1.27. The van der Waals surface area contributed by atoms with Gasteiger partial charge in [-0.15, -0.1) is 0 Å². The fourth-order valence-corrected chi connectivity index (χ4v) is 5.90. The molecule has 2 heterocycles. The number of benzene rings is 3. The molecule has 0 aliphatic carbocycles. The van der Waals surface area contributed by atoms with Gasteiger partial charge in [0.15, 0.2) is 11.6 Å². The number of carbonyl (C=O) groups is 1. The third kappa shape index (κ3) is 7.58. The number of aromatic nitrogens is 2. The van der Waals surface area contributed by atoms with Crippen LogP contribution < -0.4 is 4.90 Å². The highest BCUT2D eigenvalue weighted by Gasteiger charge is 2.24. The largest absolute Gasteiger partial charge is 0.380 e. The molecular weight excluding hydrogens is 548 g/mol. The molecule has 1 aromatic heterocycles. The van der Waals surface area contributed by atoms with Crippen LogP contribution in [-0.2, 0) is 11.3 Å². The lowest BCUT2D eigenvalue weighted by Gasteiger charge is -2.28. The smallest absolute Gasteiger partial charge is 0.253 e. The minimum Gasteiger partial charge on any atom is -0.380 e. The predicted molar refractivity (Wildman–Crippen MR) is 167 cm³/mol. The van der Waals surface area contributed by atoms with E-state index in [9.17, 15) is 13.6 Å². The van der Waals surface area contributed by atoms with Crippen LogP contribution in [0.5, 0.6) is 0 Å². The lowest BCUT2D eigenvalue weighted by molar-refractivity contribution is 0.0782. The summed E-state index contributed by atoms with van der Waals surface area (Å²) >= 11 is 0. The summed E-state index contributed by atoms with van der Waals surface area (Å²) in [5, 5.41) is 0. The lowest BCUT2D eigenvalue weighted by Crippen LogP contribution is -2.35. The van der Waals surface area contributed by atoms with Crippen molar-refractivity contribution in [3.8, 4) is 0 Å². The van der Waals surface area contributed by atoms with Gasteiger partial charge in [0.25, 0.3) is 5.91 Å². The number of nitrogens with zero attached hydrogens (tertiary/aromatic N) is 5. The SMILES string of the molecule is CCOCCn1c(N2CCCN(CCC(CN(C)C(=O)c3ccccc3)c3ccc(F)c(F)c3)CC2)nc2ccccc21. The van der Waals surface area contributed by atoms with Gasteiger partial charge in [0.2, 0.25) is 5.95 Å². The van der Waals surface area contributed by atoms with Crippen LogP contribution in [0.15, 0.2) is 72.8 Å². The molecule has 0 N–H and O–H groups in total. The fraction of sp³-hybridized carbons (Fsp3) is 0.412. The molecule has 1 saturated heterocycles. The van der Waals surface area contributed by atoms with E-state index in [1.54, 1.807) is 30.1 Å². The van der Waals surface area contributed by atoms with Gasteiger partial charge in [0, 0.05) is 57.9 Å². The van der Waals surface area contributed by atoms with Crippen molar-refractivity contribution < 1.29 is 18.3 Å². The summed E-state index contributed by atoms with van der Waals surface area (Å²) in [6, 6.07) is 21.5. The molecule has 1 fully saturated rings. The van der Waals surface area contributed by atoms with Gasteiger partial charge >= 0.3 is 0 Å². The molecule has 228 valence electrons. The molecule has 0 saturated carbocycles. The summed E-state index contributed by atoms with van der Waals surface area (Å²) in [5.41, 5.74) is 3.40. The van der Waals surface area contributed by atoms with Crippen molar-refractivity contribution in [2.75, 3.05) is 64.4 Å². The number of imidazole rings is 1. The Morgan fingerprint density at radius 2 is 1.74 bits per heavy atom. The number of hydrogen-bond acceptors (Lipinski definition) is 5. The fourth-order valence-electron chi connectivity index (χ4n) is 5.90. The molecule has 7 nitrogen and oxygen atoms in total. The number of likely N-dealkylation sites (N-methyl/N-ethyl adjacent to an activating group) is 1. The van der Waals surface area contributed by atoms with E-state index in [0.29, 0.717) is 37.3 Å². The highest BCUT2D eigenvalue weighted by atomic mass is 19.2. The average molecular weight is 590 g/mol. The molecule has 1 unspecified atom stereocenters. The molecular formula is C34H41F2N5O2. The first-order chi connectivity index (χ1) is 20.9. The van der Waals surface area contributed by atoms with Crippen molar-refractivity contribution in [2.45, 2.75) is 32.2 Å². The normalized spacial score (nSPS) is 15.0. The maximum Gasteiger partial charge on any atom is 0.253 e. The summed E-state index contributed by atoms with van der Waals surface area (Å²) < 4.78 is 36.0. The van der Waals surface area contributed by atoms with Gasteiger partial charge in [-0.25, -0.2) is 13.8 Å². The third-order valence-corrected chi connectivity index (χ3v) is 8.24. The number of carbonyl (C=O) groups excluding carboxylic acids is 1. The first-order valence-electron chi connectivity index (χ1n) is 15.2. The van der Waals surface area contributed by atoms with Gasteiger partial charge in [0.05, 0.1) is 17.6 Å². The topological polar surface area (TPSA) is 53.8 Å². The zero-order chi connectivity index (χ0) is 30.2. The number of hydrogen-bond donors (Lipinski definition) is 0. The molecule has 43 heavy (non-hydrogen) atoms. The van der Waals surface area contributed by atoms with Crippen molar-refractivity contribution in [1.82, 2.24) is 19.4 Å². The molecule has 1 atom stereocenters. The van der Waals surface area contributed by atoms with Gasteiger partial charge in [-0.05, 0) is 74.8 Å². The second-order valence-corrected chi connectivity index (χ2v) is 11.1. The van der Waals surface area contributed by atoms with Crippen LogP contribution in [0.2, 0.25) is 0 Å². The number of amides is 1. The molecule has 0 bridgehead atoms. The van der Waals surface area contributed by atoms with Crippen LogP contribution >= 0.6 is 0 Å². The summed E-state index contributed by atoms with van der Waals surface area (Å²) in [6.45, 7) is 8.78. The number of fused-ring (bicyclic) bond motifs is 1. The molecule has 1 amide bonds. The Kier molecular flexibility index (Phi) is 10.4. The van der Waals surface area contributed by atoms with Gasteiger partial charge in [-0.1, -0.05) is 36.4 Å². The second kappa shape index (κ2) is 14.6. The van der Waals surface area contributed by atoms with Crippen LogP contribution in [0.25, 0.3) is 11.0 Å². The summed E-state index contributed by atoms with van der Waals surface area (Å²) in [6.07, 6.45) is 1.70. The second-order valence-electron chi connectivity index (χ2n) is 11.1. The number of halogens is 2. The van der Waals surface area contributed by atoms with E-state index < -0.39 is 11.6 Å². The quantitative estimate of drug-likeness (QED) is 0.195. The van der Waals surface area contributed by atoms with Gasteiger partial charge < -0.3 is 24.0 Å². The maximum absolute atomic E-state index is 14.3. The van der Waals surface area contributed by atoms with Crippen molar-refractivity contribution >= 4 is 22.9 Å². The van der Waals surface area contributed by atoms with Crippen molar-refractivity contribution in [3.05, 3.63) is 95.6 Å². The molecule has 1 aliphatic rings. The van der Waals surface area contributed by atoms with Gasteiger partial charge in [-0.2, -0.15) is 0 Å². The molecule has 1 aliphatic heterocycles. The van der Waals surface area contributed by atoms with Crippen LogP contribution in [0, 0.1) is 11.6 Å². The van der Waals surface area contributed by atoms with Crippen LogP contribution in [0.3, 0.4) is 0 Å². The number of anilines is 1. The Morgan fingerprint density at radius 3 is 2.53 bits per heavy atom. The first-order valence-corrected chi connectivity index (χ1v) is 15.2. The van der Waals surface area contributed by atoms with E-state index in [1.165, 1.54) is 12.1 Å². The Labute approximate surface area is 252 Å². The monoisotopic (exact) mass is 589 g/mol. The number of para-hydroxylation sites is 2. The maximum atomic E-state index is 14.3. The molecule has 3 aromatic carbocycles. The molecule has 5 rings (SSSR count). The van der Waals surface area contributed by atoms with E-state index in [2.05, 4.69) is 26.5 Å². The van der Waals surface area contributed by atoms with E-state index in [0.717, 1.165) is 62.7 Å². The van der Waals surface area contributed by atoms with Gasteiger partial charge in [-0.3, -0.25) is 4.79 Å². The average Bonchev–Trinajstić information content (AvgIpc) is 3.22. The van der Waals surface area contributed by atoms with Crippen LogP contribution in [0.1, 0.15) is 41.6 Å². The lowest BCUT2D eigenvalue weighted by atomic mass is 9.94. The standard InChI is InChI=1S/C34H41F2N5O2/c1-3-43-23-22-41-32-13-8-7-12-31(32)37-34(41)40-18-9-17-39(20-21-40)19-16-28(27-14-15-29(35)30(36)24-27)25-38(2)33(42)26-10-5-4-6-11-26/h4-8,10-15,24,28H,3,9,16-23,25H2,1-2H3. The Hall–Kier alpha value is -3.82. The summed E-state index contributed by atoms with van der Waals surface area (Å²) in [7, 11) is 1.77. The van der Waals surface area contributed by atoms with E-state index in [4.69, 9.17) is 9.72 Å². The highest BCUT2D eigenvalue weighted by Crippen LogP contribution is 2.26.